The maximum Gasteiger partial charge on any atom is 0.416 e. The van der Waals surface area contributed by atoms with E-state index in [-0.39, 0.29) is 30.0 Å². The lowest BCUT2D eigenvalue weighted by molar-refractivity contribution is -0.137. The number of benzene rings is 1. The van der Waals surface area contributed by atoms with E-state index >= 15 is 0 Å². The summed E-state index contributed by atoms with van der Waals surface area (Å²) in [6.07, 6.45) is -3.04. The van der Waals surface area contributed by atoms with Crippen LogP contribution in [0.3, 0.4) is 0 Å². The van der Waals surface area contributed by atoms with Crippen molar-refractivity contribution in [1.29, 1.82) is 0 Å². The predicted octanol–water partition coefficient (Wildman–Crippen LogP) is 2.45. The largest absolute Gasteiger partial charge is 0.416 e. The summed E-state index contributed by atoms with van der Waals surface area (Å²) in [5.74, 6) is -1.26. The molecule has 0 saturated heterocycles. The number of fused-ring (bicyclic) bond motifs is 3. The number of aromatic amines is 1. The zero-order valence-electron chi connectivity index (χ0n) is 15.7. The molecule has 1 saturated carbocycles. The Bertz CT molecular complexity index is 1230. The maximum absolute atomic E-state index is 14.3. The summed E-state index contributed by atoms with van der Waals surface area (Å²) in [7, 11) is 0. The zero-order chi connectivity index (χ0) is 22.0. The van der Waals surface area contributed by atoms with Crippen LogP contribution in [-0.4, -0.2) is 56.1 Å². The Morgan fingerprint density at radius 3 is 2.81 bits per heavy atom. The number of nitrogens with zero attached hydrogens (tertiary/aromatic N) is 4. The average molecular weight is 434 g/mol. The van der Waals surface area contributed by atoms with Crippen LogP contribution < -0.4 is 5.32 Å². The minimum Gasteiger partial charge on any atom is -0.328 e. The number of H-pyrrole nitrogens is 1. The third kappa shape index (κ3) is 3.18. The second kappa shape index (κ2) is 6.46. The van der Waals surface area contributed by atoms with E-state index in [1.165, 1.54) is 12.4 Å². The second-order valence-electron chi connectivity index (χ2n) is 7.66. The quantitative estimate of drug-likeness (QED) is 0.617. The highest BCUT2D eigenvalue weighted by Crippen LogP contribution is 2.55. The normalized spacial score (nSPS) is 22.6. The molecule has 1 aliphatic carbocycles. The molecule has 1 aromatic carbocycles. The molecule has 3 aromatic rings. The van der Waals surface area contributed by atoms with Gasteiger partial charge in [-0.2, -0.15) is 23.3 Å². The lowest BCUT2D eigenvalue weighted by Gasteiger charge is -2.34. The molecule has 5 rings (SSSR count). The van der Waals surface area contributed by atoms with Gasteiger partial charge in [-0.1, -0.05) is 0 Å². The maximum atomic E-state index is 14.3. The van der Waals surface area contributed by atoms with Gasteiger partial charge in [0.05, 0.1) is 17.1 Å². The van der Waals surface area contributed by atoms with Crippen molar-refractivity contribution < 1.29 is 27.2 Å². The van der Waals surface area contributed by atoms with Gasteiger partial charge in [0.15, 0.2) is 5.65 Å². The lowest BCUT2D eigenvalue weighted by atomic mass is 9.85. The molecule has 8 nitrogen and oxygen atoms in total. The number of rotatable bonds is 3. The number of amides is 2. The number of anilines is 1. The molecular formula is C19H14F4N6O2. The third-order valence-electron chi connectivity index (χ3n) is 5.63. The highest BCUT2D eigenvalue weighted by atomic mass is 19.4. The molecular weight excluding hydrogens is 420 g/mol. The van der Waals surface area contributed by atoms with Crippen LogP contribution in [0.5, 0.6) is 0 Å². The van der Waals surface area contributed by atoms with Crippen molar-refractivity contribution in [3.05, 3.63) is 47.3 Å². The van der Waals surface area contributed by atoms with Crippen molar-refractivity contribution in [2.24, 2.45) is 0 Å². The number of carbonyl (C=O) groups excluding carboxylic acids is 2. The number of hydrogen-bond acceptors (Lipinski definition) is 5. The van der Waals surface area contributed by atoms with Crippen molar-refractivity contribution in [2.45, 2.75) is 24.2 Å². The summed E-state index contributed by atoms with van der Waals surface area (Å²) in [5, 5.41) is 9.53. The third-order valence-corrected chi connectivity index (χ3v) is 5.63. The fourth-order valence-electron chi connectivity index (χ4n) is 3.95. The number of nitrogens with one attached hydrogen (secondary N) is 2. The average Bonchev–Trinajstić information content (AvgIpc) is 3.12. The van der Waals surface area contributed by atoms with Gasteiger partial charge in [-0.25, -0.2) is 9.37 Å². The van der Waals surface area contributed by atoms with E-state index < -0.39 is 41.7 Å². The highest BCUT2D eigenvalue weighted by molar-refractivity contribution is 6.01. The van der Waals surface area contributed by atoms with Crippen LogP contribution in [0.2, 0.25) is 0 Å². The van der Waals surface area contributed by atoms with Crippen LogP contribution in [0.1, 0.15) is 27.9 Å². The monoisotopic (exact) mass is 434 g/mol. The molecule has 0 unspecified atom stereocenters. The van der Waals surface area contributed by atoms with E-state index in [2.05, 4.69) is 25.5 Å². The Morgan fingerprint density at radius 1 is 1.32 bits per heavy atom. The Labute approximate surface area is 171 Å². The number of carbonyl (C=O) groups is 2. The molecule has 0 bridgehead atoms. The topological polar surface area (TPSA) is 104 Å². The fourth-order valence-corrected chi connectivity index (χ4v) is 3.95. The molecule has 1 fully saturated rings. The van der Waals surface area contributed by atoms with Crippen LogP contribution in [-0.2, 0) is 16.4 Å². The van der Waals surface area contributed by atoms with Crippen LogP contribution in [0.15, 0.2) is 30.6 Å². The van der Waals surface area contributed by atoms with E-state index in [1.54, 1.807) is 0 Å². The molecule has 1 spiro atoms. The fraction of sp³-hybridized carbons (Fsp3) is 0.316. The predicted molar refractivity (Wildman–Crippen MR) is 98.9 cm³/mol. The summed E-state index contributed by atoms with van der Waals surface area (Å²) < 4.78 is 53.6. The van der Waals surface area contributed by atoms with Crippen molar-refractivity contribution in [2.75, 3.05) is 18.4 Å². The SMILES string of the molecule is O=C(CN1C[C@]2(C[C@@H]2F)c2cc(C(F)(F)F)ccc2C1=O)Nc1ncc2cn[nH]c2n1. The summed E-state index contributed by atoms with van der Waals surface area (Å²) in [6, 6.07) is 2.68. The molecule has 2 amide bonds. The first-order valence-electron chi connectivity index (χ1n) is 9.28. The first-order valence-corrected chi connectivity index (χ1v) is 9.28. The minimum absolute atomic E-state index is 0.00763. The van der Waals surface area contributed by atoms with Gasteiger partial charge < -0.3 is 4.90 Å². The lowest BCUT2D eigenvalue weighted by Crippen LogP contribution is -2.47. The van der Waals surface area contributed by atoms with Gasteiger partial charge in [0.1, 0.15) is 12.7 Å². The van der Waals surface area contributed by atoms with Gasteiger partial charge in [0.2, 0.25) is 11.9 Å². The van der Waals surface area contributed by atoms with Crippen LogP contribution in [0.25, 0.3) is 11.0 Å². The first-order chi connectivity index (χ1) is 14.7. The molecule has 2 atom stereocenters. The molecule has 31 heavy (non-hydrogen) atoms. The first kappa shape index (κ1) is 19.4. The van der Waals surface area contributed by atoms with Gasteiger partial charge >= 0.3 is 6.18 Å². The van der Waals surface area contributed by atoms with Crippen molar-refractivity contribution in [3.8, 4) is 0 Å². The Morgan fingerprint density at radius 2 is 2.10 bits per heavy atom. The van der Waals surface area contributed by atoms with Crippen LogP contribution >= 0.6 is 0 Å². The van der Waals surface area contributed by atoms with E-state index in [0.29, 0.717) is 11.0 Å². The van der Waals surface area contributed by atoms with Crippen molar-refractivity contribution in [3.63, 3.8) is 0 Å². The molecule has 12 heteroatoms. The van der Waals surface area contributed by atoms with Gasteiger partial charge in [-0.15, -0.1) is 0 Å². The Kier molecular flexibility index (Phi) is 4.04. The molecule has 2 aliphatic rings. The summed E-state index contributed by atoms with van der Waals surface area (Å²) >= 11 is 0. The van der Waals surface area contributed by atoms with E-state index in [9.17, 15) is 27.2 Å². The van der Waals surface area contributed by atoms with Gasteiger partial charge in [-0.3, -0.25) is 20.0 Å². The van der Waals surface area contributed by atoms with Gasteiger partial charge in [0.25, 0.3) is 5.91 Å². The highest BCUT2D eigenvalue weighted by Gasteiger charge is 2.61. The molecule has 160 valence electrons. The molecule has 1 aliphatic heterocycles. The van der Waals surface area contributed by atoms with E-state index in [4.69, 9.17) is 0 Å². The summed E-state index contributed by atoms with van der Waals surface area (Å²) in [4.78, 5) is 34.5. The van der Waals surface area contributed by atoms with Gasteiger partial charge in [-0.05, 0) is 30.2 Å². The van der Waals surface area contributed by atoms with E-state index in [0.717, 1.165) is 23.1 Å². The summed E-state index contributed by atoms with van der Waals surface area (Å²) in [5.41, 5.74) is -1.73. The standard InChI is InChI=1S/C19H14F4N6O2/c20-13-4-18(13)8-29(16(31)11-2-1-10(3-12(11)18)19(21,22)23)7-14(30)26-17-24-5-9-6-25-28-15(9)27-17/h1-3,5-6,13H,4,7-8H2,(H2,24,25,26,27,28,30)/t13-,18+/m0/s1. The molecule has 0 radical (unpaired) electrons. The molecule has 2 aromatic heterocycles. The summed E-state index contributed by atoms with van der Waals surface area (Å²) in [6.45, 7) is -0.604. The van der Waals surface area contributed by atoms with Crippen molar-refractivity contribution >= 4 is 28.8 Å². The second-order valence-corrected chi connectivity index (χ2v) is 7.66. The van der Waals surface area contributed by atoms with Crippen LogP contribution in [0.4, 0.5) is 23.5 Å². The molecule has 2 N–H and O–H groups in total. The van der Waals surface area contributed by atoms with Crippen molar-refractivity contribution in [1.82, 2.24) is 25.1 Å². The smallest absolute Gasteiger partial charge is 0.328 e. The van der Waals surface area contributed by atoms with E-state index in [1.807, 2.05) is 0 Å². The number of halogens is 4. The Balaban J connectivity index is 1.38. The number of hydrogen-bond donors (Lipinski definition) is 2. The molecule has 3 heterocycles. The number of alkyl halides is 4. The van der Waals surface area contributed by atoms with Crippen LogP contribution in [0, 0.1) is 0 Å². The minimum atomic E-state index is -4.60. The number of aromatic nitrogens is 4. The Hall–Kier alpha value is -3.57. The van der Waals surface area contributed by atoms with Gasteiger partial charge in [0, 0.05) is 23.7 Å². The zero-order valence-corrected chi connectivity index (χ0v) is 15.7.